The molecule has 0 saturated carbocycles. The minimum atomic E-state index is -1.93. The fourth-order valence-corrected chi connectivity index (χ4v) is 13.2. The molecule has 3 heterocycles. The number of guanidine groups is 1. The molecule has 3 aliphatic rings. The van der Waals surface area contributed by atoms with Gasteiger partial charge in [0.2, 0.25) is 76.8 Å². The Morgan fingerprint density at radius 1 is 0.635 bits per heavy atom. The number of unbranched alkanes of at least 4 members (excludes halogenated alkanes) is 1. The lowest BCUT2D eigenvalue weighted by atomic mass is 9.96. The van der Waals surface area contributed by atoms with E-state index >= 15 is 0 Å². The molecule has 85 heavy (non-hydrogen) atoms. The van der Waals surface area contributed by atoms with Crippen molar-refractivity contribution in [1.29, 1.82) is 0 Å². The molecule has 12 atom stereocenters. The van der Waals surface area contributed by atoms with Crippen LogP contribution in [-0.2, 0) is 67.1 Å². The molecule has 3 saturated heterocycles. The lowest BCUT2D eigenvalue weighted by Gasteiger charge is -2.30. The number of aliphatic hydroxyl groups excluding tert-OH is 1. The number of carbonyl (C=O) groups excluding carboxylic acids is 13. The molecule has 33 nitrogen and oxygen atoms in total. The van der Waals surface area contributed by atoms with Crippen LogP contribution in [0.4, 0.5) is 0 Å². The highest BCUT2D eigenvalue weighted by atomic mass is 33.1. The van der Waals surface area contributed by atoms with Gasteiger partial charge in [-0.3, -0.25) is 72.1 Å². The van der Waals surface area contributed by atoms with Gasteiger partial charge in [-0.15, -0.1) is 0 Å². The Kier molecular flexibility index (Phi) is 31.4. The quantitative estimate of drug-likeness (QED) is 0.0278. The summed E-state index contributed by atoms with van der Waals surface area (Å²) in [5, 5.41) is 45.0. The van der Waals surface area contributed by atoms with Crippen molar-refractivity contribution in [1.82, 2.24) is 58.1 Å². The topological polar surface area (TPSA) is 545 Å². The van der Waals surface area contributed by atoms with Crippen LogP contribution in [0.3, 0.4) is 0 Å². The number of aliphatic carboxylic acids is 1. The normalized spacial score (nSPS) is 27.5. The monoisotopic (exact) mass is 1280 g/mol. The number of rotatable bonds is 17. The van der Waals surface area contributed by atoms with Crippen LogP contribution in [0.15, 0.2) is 4.99 Å². The van der Waals surface area contributed by atoms with Gasteiger partial charge >= 0.3 is 5.97 Å². The molecule has 2 bridgehead atoms. The first-order valence-electron chi connectivity index (χ1n) is 27.2. The second-order valence-corrected chi connectivity index (χ2v) is 25.1. The van der Waals surface area contributed by atoms with Crippen LogP contribution >= 0.6 is 43.2 Å². The number of hydrogen-bond donors (Lipinski definition) is 17. The third kappa shape index (κ3) is 24.2. The molecule has 3 fully saturated rings. The third-order valence-corrected chi connectivity index (χ3v) is 18.2. The number of fused-ring (bicyclic) bond motifs is 9. The number of carbonyl (C=O) groups is 14. The Morgan fingerprint density at radius 2 is 1.16 bits per heavy atom. The number of aliphatic imine (C=N–C) groups is 1. The number of nitrogens with two attached hydrogens (primary N) is 5. The highest BCUT2D eigenvalue weighted by Crippen LogP contribution is 2.26. The molecular formula is C48H79N17O16S4. The number of nitrogens with one attached hydrogen (secondary N) is 10. The van der Waals surface area contributed by atoms with Gasteiger partial charge in [-0.25, -0.2) is 0 Å². The summed E-state index contributed by atoms with van der Waals surface area (Å²) >= 11 is 0. The fourth-order valence-electron chi connectivity index (χ4n) is 8.51. The highest BCUT2D eigenvalue weighted by molar-refractivity contribution is 8.77. The number of primary amides is 2. The molecule has 3 aliphatic heterocycles. The second kappa shape index (κ2) is 36.9. The summed E-state index contributed by atoms with van der Waals surface area (Å²) in [7, 11) is 3.40. The van der Waals surface area contributed by atoms with Crippen molar-refractivity contribution in [2.24, 2.45) is 39.6 Å². The van der Waals surface area contributed by atoms with E-state index in [1.165, 1.54) is 0 Å². The van der Waals surface area contributed by atoms with Gasteiger partial charge < -0.3 is 96.9 Å². The van der Waals surface area contributed by atoms with Crippen molar-refractivity contribution >= 4 is 132 Å². The first kappa shape index (κ1) is 72.4. The molecule has 3 rings (SSSR count). The molecule has 37 heteroatoms. The van der Waals surface area contributed by atoms with E-state index in [1.807, 2.05) is 6.92 Å². The Hall–Kier alpha value is -6.83. The number of aliphatic hydroxyl groups is 1. The van der Waals surface area contributed by atoms with Crippen LogP contribution in [0.25, 0.3) is 0 Å². The summed E-state index contributed by atoms with van der Waals surface area (Å²) in [6.45, 7) is 3.10. The average molecular weight is 1280 g/mol. The SMILES string of the molecule is CCCC[C@@H]1NC(=O)[C@H]([C@@H](C)CC)NC(=O)[C@H](CC(N)=O)NC(=O)[C@@H]2CSSC[C@H](NC(=O)CN)C(=O)N[C@@H](CSSC[C@@H](C(N)=O)NC1=O)C(=O)N[C@@H](CO)C(=O)N[C@@H](CC(=O)O)C(=O)N1CCC[C@H]1C(=O)N[C@@H](CCCN=C(N)N)C(=O)N2. The minimum absolute atomic E-state index is 0.0143. The maximum Gasteiger partial charge on any atom is 0.305 e. The molecular weight excluding hydrogens is 1200 g/mol. The number of amides is 13. The Balaban J connectivity index is 2.37. The van der Waals surface area contributed by atoms with Gasteiger partial charge in [-0.05, 0) is 38.0 Å². The van der Waals surface area contributed by atoms with Gasteiger partial charge in [0.15, 0.2) is 5.96 Å². The minimum Gasteiger partial charge on any atom is -0.481 e. The van der Waals surface area contributed by atoms with E-state index in [2.05, 4.69) is 58.2 Å². The van der Waals surface area contributed by atoms with Crippen LogP contribution in [0, 0.1) is 5.92 Å². The van der Waals surface area contributed by atoms with E-state index < -0.39 is 193 Å². The van der Waals surface area contributed by atoms with Crippen molar-refractivity contribution in [2.75, 3.05) is 49.3 Å². The maximum atomic E-state index is 14.6. The van der Waals surface area contributed by atoms with Crippen LogP contribution < -0.4 is 81.8 Å². The summed E-state index contributed by atoms with van der Waals surface area (Å²) in [5.74, 6) is -17.6. The third-order valence-electron chi connectivity index (χ3n) is 13.4. The summed E-state index contributed by atoms with van der Waals surface area (Å²) in [6, 6.07) is -17.8. The zero-order valence-electron chi connectivity index (χ0n) is 47.2. The van der Waals surface area contributed by atoms with Crippen LogP contribution in [0.5, 0.6) is 0 Å². The lowest BCUT2D eigenvalue weighted by molar-refractivity contribution is -0.146. The van der Waals surface area contributed by atoms with Gasteiger partial charge in [0.25, 0.3) is 0 Å². The van der Waals surface area contributed by atoms with E-state index in [0.717, 1.165) is 48.1 Å². The zero-order chi connectivity index (χ0) is 63.5. The molecule has 22 N–H and O–H groups in total. The average Bonchev–Trinajstić information content (AvgIpc) is 3.97. The van der Waals surface area contributed by atoms with Crippen LogP contribution in [-0.4, -0.2) is 220 Å². The molecule has 476 valence electrons. The summed E-state index contributed by atoms with van der Waals surface area (Å²) in [5.41, 5.74) is 27.9. The van der Waals surface area contributed by atoms with E-state index in [1.54, 1.807) is 13.8 Å². The van der Waals surface area contributed by atoms with Crippen molar-refractivity contribution in [3.05, 3.63) is 0 Å². The summed E-state index contributed by atoms with van der Waals surface area (Å²) in [6.07, 6.45) is -0.801. The maximum absolute atomic E-state index is 14.6. The highest BCUT2D eigenvalue weighted by Gasteiger charge is 2.42. The molecule has 0 aliphatic carbocycles. The lowest BCUT2D eigenvalue weighted by Crippen LogP contribution is -2.62. The van der Waals surface area contributed by atoms with Crippen molar-refractivity contribution in [3.63, 3.8) is 0 Å². The van der Waals surface area contributed by atoms with E-state index in [-0.39, 0.29) is 69.1 Å². The van der Waals surface area contributed by atoms with E-state index in [4.69, 9.17) is 28.7 Å². The van der Waals surface area contributed by atoms with Crippen LogP contribution in [0.1, 0.15) is 85.0 Å². The summed E-state index contributed by atoms with van der Waals surface area (Å²) < 4.78 is 0. The molecule has 0 aromatic heterocycles. The van der Waals surface area contributed by atoms with Crippen molar-refractivity contribution in [2.45, 2.75) is 151 Å². The van der Waals surface area contributed by atoms with Gasteiger partial charge in [0, 0.05) is 36.1 Å². The molecule has 0 aromatic carbocycles. The van der Waals surface area contributed by atoms with Crippen LogP contribution in [0.2, 0.25) is 0 Å². The molecule has 0 spiro atoms. The number of carboxylic acid groups (broad SMARTS) is 1. The summed E-state index contributed by atoms with van der Waals surface area (Å²) in [4.78, 5) is 198. The largest absolute Gasteiger partial charge is 0.481 e. The van der Waals surface area contributed by atoms with Gasteiger partial charge in [0.1, 0.15) is 66.5 Å². The standard InChI is InChI=1S/C48H79N17O16S4/c1-4-6-9-23-38(72)61-28(37(51)71)18-82-84-21-31-44(78)60-27(17-66)41(75)59-26(15-35(69)70)47(81)65-13-8-11-32(65)45(79)56-24(10-7-12-54-48(52)53)39(73)62-30(20-85-83-19-29(42(76)63-31)55-34(68)16-49)43(77)58-25(14-33(50)67)40(74)64-36(22(3)5-2)46(80)57-23/h22-32,36,66H,4-21,49H2,1-3H3,(H2,50,67)(H2,51,71)(H,55,68)(H,56,79)(H,57,80)(H,58,77)(H,59,75)(H,60,78)(H,61,72)(H,62,73)(H,63,76)(H,64,74)(H,69,70)(H4,52,53,54)/t22-,23-,24-,25-,26-,27-,28-,29-,30-,31-,32-,36-/m0/s1. The fraction of sp³-hybridized carbons (Fsp3) is 0.688. The smallest absolute Gasteiger partial charge is 0.305 e. The first-order valence-corrected chi connectivity index (χ1v) is 32.2. The molecule has 13 amide bonds. The Labute approximate surface area is 505 Å². The second-order valence-electron chi connectivity index (χ2n) is 20.0. The van der Waals surface area contributed by atoms with E-state index in [9.17, 15) is 77.3 Å². The predicted octanol–water partition coefficient (Wildman–Crippen LogP) is -7.31. The molecule has 0 unspecified atom stereocenters. The first-order chi connectivity index (χ1) is 40.2. The zero-order valence-corrected chi connectivity index (χ0v) is 50.4. The van der Waals surface area contributed by atoms with Gasteiger partial charge in [0.05, 0.1) is 26.0 Å². The molecule has 0 aromatic rings. The van der Waals surface area contributed by atoms with Gasteiger partial charge in [-0.1, -0.05) is 83.2 Å². The Bertz CT molecular complexity index is 2460. The predicted molar refractivity (Wildman–Crippen MR) is 314 cm³/mol. The van der Waals surface area contributed by atoms with E-state index in [0.29, 0.717) is 12.8 Å². The Morgan fingerprint density at radius 3 is 1.73 bits per heavy atom. The number of carboxylic acids is 1. The van der Waals surface area contributed by atoms with Gasteiger partial charge in [-0.2, -0.15) is 0 Å². The molecule has 0 radical (unpaired) electrons. The number of nitrogens with zero attached hydrogens (tertiary/aromatic N) is 2. The van der Waals surface area contributed by atoms with Crippen molar-refractivity contribution < 1.29 is 77.3 Å². The van der Waals surface area contributed by atoms with Crippen molar-refractivity contribution in [3.8, 4) is 0 Å². The number of hydrogen-bond acceptors (Lipinski definition) is 21.